The van der Waals surface area contributed by atoms with Crippen LogP contribution in [0.1, 0.15) is 38.2 Å². The minimum atomic E-state index is 0.838. The van der Waals surface area contributed by atoms with Crippen LogP contribution in [0.3, 0.4) is 0 Å². The predicted molar refractivity (Wildman–Crippen MR) is 71.6 cm³/mol. The Labute approximate surface area is 99.8 Å². The zero-order valence-corrected chi connectivity index (χ0v) is 10.8. The fourth-order valence-electron chi connectivity index (χ4n) is 1.34. The largest absolute Gasteiger partial charge is 0.399 e. The number of aryl methyl sites for hydroxylation is 1. The van der Waals surface area contributed by atoms with Crippen molar-refractivity contribution < 1.29 is 4.74 Å². The van der Waals surface area contributed by atoms with Gasteiger partial charge >= 0.3 is 0 Å². The Bertz CT molecular complexity index is 237. The quantitative estimate of drug-likeness (QED) is 0.609. The third-order valence-corrected chi connectivity index (χ3v) is 2.24. The third-order valence-electron chi connectivity index (χ3n) is 2.24. The van der Waals surface area contributed by atoms with Crippen LogP contribution in [-0.2, 0) is 4.74 Å². The lowest BCUT2D eigenvalue weighted by Crippen LogP contribution is -1.86. The Morgan fingerprint density at radius 1 is 1.19 bits per heavy atom. The van der Waals surface area contributed by atoms with Crippen LogP contribution in [0.5, 0.6) is 0 Å². The van der Waals surface area contributed by atoms with Crippen LogP contribution >= 0.6 is 0 Å². The molecule has 2 heteroatoms. The van der Waals surface area contributed by atoms with Crippen LogP contribution in [0, 0.1) is 6.92 Å². The van der Waals surface area contributed by atoms with Crippen molar-refractivity contribution in [2.24, 2.45) is 0 Å². The number of nitrogens with two attached hydrogens (primary N) is 1. The van der Waals surface area contributed by atoms with Gasteiger partial charge in [0.1, 0.15) is 0 Å². The highest BCUT2D eigenvalue weighted by Crippen LogP contribution is 2.03. The average Bonchev–Trinajstić information content (AvgIpc) is 2.25. The SMILES string of the molecule is CCCCCCOC.Cc1cccc(N)c1. The molecule has 0 saturated carbocycles. The number of methoxy groups -OCH3 is 1. The van der Waals surface area contributed by atoms with E-state index in [0.717, 1.165) is 12.3 Å². The maximum atomic E-state index is 5.46. The first kappa shape index (κ1) is 15.0. The fraction of sp³-hybridized carbons (Fsp3) is 0.571. The van der Waals surface area contributed by atoms with Gasteiger partial charge in [-0.3, -0.25) is 0 Å². The molecule has 1 rings (SSSR count). The molecule has 2 nitrogen and oxygen atoms in total. The number of hydrogen-bond donors (Lipinski definition) is 1. The second-order valence-electron chi connectivity index (χ2n) is 3.97. The number of unbranched alkanes of at least 4 members (excludes halogenated alkanes) is 3. The second kappa shape index (κ2) is 10.5. The molecule has 0 fully saturated rings. The second-order valence-corrected chi connectivity index (χ2v) is 3.97. The molecule has 0 spiro atoms. The monoisotopic (exact) mass is 223 g/mol. The molecule has 0 radical (unpaired) electrons. The number of nitrogen functional groups attached to an aromatic ring is 1. The first-order chi connectivity index (χ1) is 7.70. The van der Waals surface area contributed by atoms with Gasteiger partial charge < -0.3 is 10.5 Å². The van der Waals surface area contributed by atoms with E-state index in [0.29, 0.717) is 0 Å². The summed E-state index contributed by atoms with van der Waals surface area (Å²) in [6, 6.07) is 7.80. The standard InChI is InChI=1S/C7H9N.C7H16O/c1-6-3-2-4-7(8)5-6;1-3-4-5-6-7-8-2/h2-5H,8H2,1H3;3-7H2,1-2H3. The summed E-state index contributed by atoms with van der Waals surface area (Å²) in [5.41, 5.74) is 7.51. The summed E-state index contributed by atoms with van der Waals surface area (Å²) in [5.74, 6) is 0. The summed E-state index contributed by atoms with van der Waals surface area (Å²) in [6.07, 6.45) is 5.21. The van der Waals surface area contributed by atoms with Crippen LogP contribution in [0.15, 0.2) is 24.3 Å². The summed E-state index contributed by atoms with van der Waals surface area (Å²) in [7, 11) is 1.76. The van der Waals surface area contributed by atoms with Gasteiger partial charge in [-0.05, 0) is 31.0 Å². The topological polar surface area (TPSA) is 35.2 Å². The van der Waals surface area contributed by atoms with E-state index >= 15 is 0 Å². The van der Waals surface area contributed by atoms with Crippen LogP contribution in [0.4, 0.5) is 5.69 Å². The van der Waals surface area contributed by atoms with Gasteiger partial charge in [0.2, 0.25) is 0 Å². The molecule has 92 valence electrons. The van der Waals surface area contributed by atoms with E-state index in [-0.39, 0.29) is 0 Å². The molecule has 0 aliphatic carbocycles. The number of benzene rings is 1. The van der Waals surface area contributed by atoms with Gasteiger partial charge in [-0.1, -0.05) is 38.3 Å². The molecule has 0 heterocycles. The zero-order chi connectivity index (χ0) is 12.2. The first-order valence-corrected chi connectivity index (χ1v) is 6.01. The van der Waals surface area contributed by atoms with Gasteiger partial charge in [0, 0.05) is 19.4 Å². The van der Waals surface area contributed by atoms with Crippen LogP contribution < -0.4 is 5.73 Å². The van der Waals surface area contributed by atoms with Crippen molar-refractivity contribution in [1.82, 2.24) is 0 Å². The van der Waals surface area contributed by atoms with Crippen LogP contribution in [-0.4, -0.2) is 13.7 Å². The van der Waals surface area contributed by atoms with E-state index < -0.39 is 0 Å². The predicted octanol–water partition coefficient (Wildman–Crippen LogP) is 3.79. The number of anilines is 1. The number of hydrogen-bond acceptors (Lipinski definition) is 2. The van der Waals surface area contributed by atoms with Crippen molar-refractivity contribution in [3.8, 4) is 0 Å². The van der Waals surface area contributed by atoms with Crippen molar-refractivity contribution in [2.75, 3.05) is 19.5 Å². The average molecular weight is 223 g/mol. The van der Waals surface area contributed by atoms with E-state index in [4.69, 9.17) is 10.5 Å². The lowest BCUT2D eigenvalue weighted by Gasteiger charge is -1.95. The van der Waals surface area contributed by atoms with E-state index in [1.165, 1.54) is 31.2 Å². The number of rotatable bonds is 5. The van der Waals surface area contributed by atoms with Gasteiger partial charge in [-0.15, -0.1) is 0 Å². The molecule has 0 aliphatic heterocycles. The van der Waals surface area contributed by atoms with Gasteiger partial charge in [0.25, 0.3) is 0 Å². The molecular weight excluding hydrogens is 198 g/mol. The normalized spacial score (nSPS) is 9.44. The maximum absolute atomic E-state index is 5.46. The molecule has 0 aromatic heterocycles. The molecule has 0 unspecified atom stereocenters. The first-order valence-electron chi connectivity index (χ1n) is 6.01. The summed E-state index contributed by atoms with van der Waals surface area (Å²) in [6.45, 7) is 5.17. The summed E-state index contributed by atoms with van der Waals surface area (Å²) in [4.78, 5) is 0. The van der Waals surface area contributed by atoms with Crippen molar-refractivity contribution >= 4 is 5.69 Å². The maximum Gasteiger partial charge on any atom is 0.0462 e. The van der Waals surface area contributed by atoms with Crippen molar-refractivity contribution in [3.05, 3.63) is 29.8 Å². The van der Waals surface area contributed by atoms with E-state index in [1.807, 2.05) is 31.2 Å². The molecular formula is C14H25NO. The smallest absolute Gasteiger partial charge is 0.0462 e. The highest BCUT2D eigenvalue weighted by molar-refractivity contribution is 5.39. The Morgan fingerprint density at radius 3 is 2.38 bits per heavy atom. The lowest BCUT2D eigenvalue weighted by molar-refractivity contribution is 0.192. The van der Waals surface area contributed by atoms with Gasteiger partial charge in [0.05, 0.1) is 0 Å². The molecule has 0 aliphatic rings. The zero-order valence-electron chi connectivity index (χ0n) is 10.8. The molecule has 2 N–H and O–H groups in total. The van der Waals surface area contributed by atoms with Crippen LogP contribution in [0.25, 0.3) is 0 Å². The van der Waals surface area contributed by atoms with Crippen molar-refractivity contribution in [1.29, 1.82) is 0 Å². The Kier molecular flexibility index (Phi) is 9.83. The summed E-state index contributed by atoms with van der Waals surface area (Å²) < 4.78 is 4.89. The van der Waals surface area contributed by atoms with Crippen molar-refractivity contribution in [3.63, 3.8) is 0 Å². The summed E-state index contributed by atoms with van der Waals surface area (Å²) in [5, 5.41) is 0. The highest BCUT2D eigenvalue weighted by atomic mass is 16.5. The molecule has 0 bridgehead atoms. The van der Waals surface area contributed by atoms with Gasteiger partial charge in [0.15, 0.2) is 0 Å². The molecule has 0 atom stereocenters. The van der Waals surface area contributed by atoms with Crippen LogP contribution in [0.2, 0.25) is 0 Å². The molecule has 1 aromatic carbocycles. The fourth-order valence-corrected chi connectivity index (χ4v) is 1.34. The number of ether oxygens (including phenoxy) is 1. The molecule has 16 heavy (non-hydrogen) atoms. The Hall–Kier alpha value is -1.02. The van der Waals surface area contributed by atoms with Gasteiger partial charge in [-0.25, -0.2) is 0 Å². The van der Waals surface area contributed by atoms with Gasteiger partial charge in [-0.2, -0.15) is 0 Å². The van der Waals surface area contributed by atoms with E-state index in [1.54, 1.807) is 7.11 Å². The van der Waals surface area contributed by atoms with E-state index in [2.05, 4.69) is 6.92 Å². The van der Waals surface area contributed by atoms with Crippen molar-refractivity contribution in [2.45, 2.75) is 39.5 Å². The Balaban J connectivity index is 0.000000281. The molecule has 0 amide bonds. The molecule has 1 aromatic rings. The summed E-state index contributed by atoms with van der Waals surface area (Å²) >= 11 is 0. The lowest BCUT2D eigenvalue weighted by atomic mass is 10.2. The third kappa shape index (κ3) is 9.53. The molecule has 0 saturated heterocycles. The minimum absolute atomic E-state index is 0.838. The van der Waals surface area contributed by atoms with E-state index in [9.17, 15) is 0 Å². The minimum Gasteiger partial charge on any atom is -0.399 e. The highest BCUT2D eigenvalue weighted by Gasteiger charge is 1.83. The Morgan fingerprint density at radius 2 is 1.94 bits per heavy atom.